The lowest BCUT2D eigenvalue weighted by Gasteiger charge is -2.12. The maximum absolute atomic E-state index is 12.9. The zero-order chi connectivity index (χ0) is 20.2. The van der Waals surface area contributed by atoms with Gasteiger partial charge in [-0.2, -0.15) is 0 Å². The quantitative estimate of drug-likeness (QED) is 0.501. The van der Waals surface area contributed by atoms with Crippen LogP contribution in [0.4, 0.5) is 5.69 Å². The van der Waals surface area contributed by atoms with E-state index in [0.29, 0.717) is 28.3 Å². The zero-order valence-electron chi connectivity index (χ0n) is 15.9. The molecule has 0 saturated heterocycles. The molecule has 0 fully saturated rings. The summed E-state index contributed by atoms with van der Waals surface area (Å²) >= 11 is 0. The molecule has 0 bridgehead atoms. The van der Waals surface area contributed by atoms with Crippen LogP contribution in [0.15, 0.2) is 83.7 Å². The van der Waals surface area contributed by atoms with Crippen LogP contribution in [0.3, 0.4) is 0 Å². The standard InChI is InChI=1S/C24H20N2O3/c1-2-16-14-23(27)26-21-15-17(12-13-19(16)21)25-24(28)20-10-6-7-11-22(20)29-18-8-4-3-5-9-18/h3-15H,2H2,1H3,(H,25,28)(H,26,27). The highest BCUT2D eigenvalue weighted by Gasteiger charge is 2.14. The predicted octanol–water partition coefficient (Wildman–Crippen LogP) is 5.14. The summed E-state index contributed by atoms with van der Waals surface area (Å²) in [6.45, 7) is 2.01. The molecule has 5 nitrogen and oxygen atoms in total. The highest BCUT2D eigenvalue weighted by Crippen LogP contribution is 2.26. The topological polar surface area (TPSA) is 71.2 Å². The molecule has 1 aromatic heterocycles. The maximum atomic E-state index is 12.9. The van der Waals surface area contributed by atoms with Gasteiger partial charge in [-0.15, -0.1) is 0 Å². The Bertz CT molecular complexity index is 1230. The Morgan fingerprint density at radius 1 is 0.966 bits per heavy atom. The van der Waals surface area contributed by atoms with E-state index in [2.05, 4.69) is 10.3 Å². The van der Waals surface area contributed by atoms with Gasteiger partial charge in [0.15, 0.2) is 0 Å². The second kappa shape index (κ2) is 8.02. The molecule has 5 heteroatoms. The van der Waals surface area contributed by atoms with E-state index in [1.54, 1.807) is 30.3 Å². The van der Waals surface area contributed by atoms with E-state index in [9.17, 15) is 9.59 Å². The molecule has 0 atom stereocenters. The first-order valence-corrected chi connectivity index (χ1v) is 9.43. The first kappa shape index (κ1) is 18.5. The van der Waals surface area contributed by atoms with E-state index >= 15 is 0 Å². The molecule has 0 saturated carbocycles. The van der Waals surface area contributed by atoms with Crippen molar-refractivity contribution in [1.29, 1.82) is 0 Å². The third-order valence-corrected chi connectivity index (χ3v) is 4.67. The van der Waals surface area contributed by atoms with Gasteiger partial charge in [-0.25, -0.2) is 0 Å². The van der Waals surface area contributed by atoms with Crippen LogP contribution in [0.25, 0.3) is 10.9 Å². The van der Waals surface area contributed by atoms with Crippen LogP contribution in [0.2, 0.25) is 0 Å². The van der Waals surface area contributed by atoms with Gasteiger partial charge < -0.3 is 15.0 Å². The number of nitrogens with one attached hydrogen (secondary N) is 2. The number of pyridine rings is 1. The second-order valence-corrected chi connectivity index (χ2v) is 6.64. The Balaban J connectivity index is 1.62. The van der Waals surface area contributed by atoms with Crippen molar-refractivity contribution in [3.05, 3.63) is 100 Å². The number of carbonyl (C=O) groups excluding carboxylic acids is 1. The number of aromatic nitrogens is 1. The van der Waals surface area contributed by atoms with E-state index in [1.165, 1.54) is 0 Å². The van der Waals surface area contributed by atoms with Gasteiger partial charge in [0.2, 0.25) is 5.56 Å². The van der Waals surface area contributed by atoms with E-state index in [-0.39, 0.29) is 11.5 Å². The summed E-state index contributed by atoms with van der Waals surface area (Å²) in [5, 5.41) is 3.86. The molecule has 29 heavy (non-hydrogen) atoms. The normalized spacial score (nSPS) is 10.7. The lowest BCUT2D eigenvalue weighted by Crippen LogP contribution is -2.13. The Morgan fingerprint density at radius 2 is 1.72 bits per heavy atom. The Hall–Kier alpha value is -3.86. The molecule has 0 aliphatic heterocycles. The number of H-pyrrole nitrogens is 1. The van der Waals surface area contributed by atoms with E-state index in [1.807, 2.05) is 55.5 Å². The van der Waals surface area contributed by atoms with Crippen LogP contribution in [0.1, 0.15) is 22.8 Å². The molecule has 0 unspecified atom stereocenters. The highest BCUT2D eigenvalue weighted by atomic mass is 16.5. The predicted molar refractivity (Wildman–Crippen MR) is 115 cm³/mol. The third kappa shape index (κ3) is 4.04. The summed E-state index contributed by atoms with van der Waals surface area (Å²) < 4.78 is 5.88. The number of anilines is 1. The Kier molecular flexibility index (Phi) is 5.12. The molecule has 0 radical (unpaired) electrons. The summed E-state index contributed by atoms with van der Waals surface area (Å²) in [7, 11) is 0. The minimum Gasteiger partial charge on any atom is -0.457 e. The van der Waals surface area contributed by atoms with Gasteiger partial charge >= 0.3 is 0 Å². The average molecular weight is 384 g/mol. The Labute approximate surface area is 168 Å². The fraction of sp³-hybridized carbons (Fsp3) is 0.0833. The maximum Gasteiger partial charge on any atom is 0.259 e. The summed E-state index contributed by atoms with van der Waals surface area (Å²) in [6, 6.07) is 23.5. The van der Waals surface area contributed by atoms with Gasteiger partial charge in [-0.3, -0.25) is 9.59 Å². The number of para-hydroxylation sites is 2. The van der Waals surface area contributed by atoms with Gasteiger partial charge in [0.1, 0.15) is 11.5 Å². The highest BCUT2D eigenvalue weighted by molar-refractivity contribution is 6.07. The van der Waals surface area contributed by atoms with Gasteiger partial charge in [-0.05, 0) is 48.4 Å². The first-order chi connectivity index (χ1) is 14.1. The van der Waals surface area contributed by atoms with Crippen molar-refractivity contribution < 1.29 is 9.53 Å². The second-order valence-electron chi connectivity index (χ2n) is 6.64. The lowest BCUT2D eigenvalue weighted by molar-refractivity contribution is 0.102. The number of ether oxygens (including phenoxy) is 1. The van der Waals surface area contributed by atoms with Crippen LogP contribution in [0.5, 0.6) is 11.5 Å². The van der Waals surface area contributed by atoms with Crippen molar-refractivity contribution in [3.63, 3.8) is 0 Å². The SMILES string of the molecule is CCc1cc(=O)[nH]c2cc(NC(=O)c3ccccc3Oc3ccccc3)ccc12. The monoisotopic (exact) mass is 384 g/mol. The summed E-state index contributed by atoms with van der Waals surface area (Å²) in [6.07, 6.45) is 0.760. The minimum absolute atomic E-state index is 0.153. The largest absolute Gasteiger partial charge is 0.457 e. The molecule has 1 amide bonds. The van der Waals surface area contributed by atoms with Crippen molar-refractivity contribution >= 4 is 22.5 Å². The molecule has 0 aliphatic carbocycles. The fourth-order valence-corrected chi connectivity index (χ4v) is 3.26. The van der Waals surface area contributed by atoms with Gasteiger partial charge in [-0.1, -0.05) is 43.3 Å². The van der Waals surface area contributed by atoms with Crippen molar-refractivity contribution in [2.45, 2.75) is 13.3 Å². The fourth-order valence-electron chi connectivity index (χ4n) is 3.26. The van der Waals surface area contributed by atoms with Crippen molar-refractivity contribution in [2.24, 2.45) is 0 Å². The number of hydrogen-bond acceptors (Lipinski definition) is 3. The third-order valence-electron chi connectivity index (χ3n) is 4.67. The first-order valence-electron chi connectivity index (χ1n) is 9.43. The molecular weight excluding hydrogens is 364 g/mol. The number of aryl methyl sites for hydroxylation is 1. The molecule has 1 heterocycles. The van der Waals surface area contributed by atoms with Crippen molar-refractivity contribution in [1.82, 2.24) is 4.98 Å². The lowest BCUT2D eigenvalue weighted by atomic mass is 10.1. The molecule has 144 valence electrons. The summed E-state index contributed by atoms with van der Waals surface area (Å²) in [4.78, 5) is 27.6. The van der Waals surface area contributed by atoms with Crippen LogP contribution in [0, 0.1) is 0 Å². The number of amides is 1. The Morgan fingerprint density at radius 3 is 2.52 bits per heavy atom. The van der Waals surface area contributed by atoms with Crippen LogP contribution < -0.4 is 15.6 Å². The number of carbonyl (C=O) groups is 1. The smallest absolute Gasteiger partial charge is 0.259 e. The van der Waals surface area contributed by atoms with Gasteiger partial charge in [0.05, 0.1) is 11.1 Å². The van der Waals surface area contributed by atoms with Crippen molar-refractivity contribution in [2.75, 3.05) is 5.32 Å². The van der Waals surface area contributed by atoms with Crippen LogP contribution in [-0.4, -0.2) is 10.9 Å². The van der Waals surface area contributed by atoms with Gasteiger partial charge in [0.25, 0.3) is 5.91 Å². The minimum atomic E-state index is -0.287. The summed E-state index contributed by atoms with van der Waals surface area (Å²) in [5.74, 6) is 0.840. The molecule has 3 aromatic carbocycles. The molecule has 4 rings (SSSR count). The number of hydrogen-bond donors (Lipinski definition) is 2. The number of aromatic amines is 1. The van der Waals surface area contributed by atoms with Crippen LogP contribution in [-0.2, 0) is 6.42 Å². The van der Waals surface area contributed by atoms with E-state index in [4.69, 9.17) is 4.74 Å². The molecule has 0 aliphatic rings. The number of fused-ring (bicyclic) bond motifs is 1. The molecule has 4 aromatic rings. The molecule has 2 N–H and O–H groups in total. The van der Waals surface area contributed by atoms with Gasteiger partial charge in [0, 0.05) is 17.1 Å². The average Bonchev–Trinajstić information content (AvgIpc) is 2.74. The summed E-state index contributed by atoms with van der Waals surface area (Å²) in [5.41, 5.74) is 2.54. The molecule has 0 spiro atoms. The zero-order valence-corrected chi connectivity index (χ0v) is 15.9. The van der Waals surface area contributed by atoms with E-state index in [0.717, 1.165) is 17.4 Å². The molecular formula is C24H20N2O3. The number of rotatable bonds is 5. The van der Waals surface area contributed by atoms with Crippen LogP contribution >= 0.6 is 0 Å². The van der Waals surface area contributed by atoms with Crippen molar-refractivity contribution in [3.8, 4) is 11.5 Å². The van der Waals surface area contributed by atoms with E-state index < -0.39 is 0 Å². The number of benzene rings is 3.